The number of anilines is 2. The van der Waals surface area contributed by atoms with Crippen LogP contribution in [0.5, 0.6) is 0 Å². The summed E-state index contributed by atoms with van der Waals surface area (Å²) < 4.78 is 1.80. The first-order valence-electron chi connectivity index (χ1n) is 8.47. The van der Waals surface area contributed by atoms with Crippen LogP contribution < -0.4 is 9.80 Å². The van der Waals surface area contributed by atoms with E-state index in [1.165, 1.54) is 4.90 Å². The van der Waals surface area contributed by atoms with Gasteiger partial charge in [-0.2, -0.15) is 10.4 Å². The van der Waals surface area contributed by atoms with E-state index in [1.54, 1.807) is 28.2 Å². The number of urea groups is 1. The first-order chi connectivity index (χ1) is 12.6. The van der Waals surface area contributed by atoms with Crippen molar-refractivity contribution in [2.24, 2.45) is 0 Å². The standard InChI is InChI=1S/C19H18N6O/c1-13(2)24-12-16(9-22-24)23-11-15(7-20)25(19(23)26)18-10-21-8-14-5-3-4-6-17(14)18/h3-6,8-10,12-13,15H,11H2,1-2H3/t15-/m0/s1. The van der Waals surface area contributed by atoms with E-state index < -0.39 is 6.04 Å². The van der Waals surface area contributed by atoms with Crippen molar-refractivity contribution in [1.29, 1.82) is 5.26 Å². The summed E-state index contributed by atoms with van der Waals surface area (Å²) in [6.45, 7) is 4.34. The van der Waals surface area contributed by atoms with Crippen molar-refractivity contribution in [2.75, 3.05) is 16.3 Å². The van der Waals surface area contributed by atoms with Gasteiger partial charge in [-0.1, -0.05) is 24.3 Å². The first kappa shape index (κ1) is 16.1. The number of amides is 2. The second-order valence-electron chi connectivity index (χ2n) is 6.56. The van der Waals surface area contributed by atoms with Crippen molar-refractivity contribution in [2.45, 2.75) is 25.9 Å². The van der Waals surface area contributed by atoms with Crippen molar-refractivity contribution in [3.8, 4) is 6.07 Å². The van der Waals surface area contributed by atoms with Gasteiger partial charge in [-0.05, 0) is 13.8 Å². The number of nitrogens with zero attached hydrogens (tertiary/aromatic N) is 6. The van der Waals surface area contributed by atoms with E-state index in [1.807, 2.05) is 44.3 Å². The Morgan fingerprint density at radius 1 is 1.23 bits per heavy atom. The molecular weight excluding hydrogens is 328 g/mol. The minimum absolute atomic E-state index is 0.201. The lowest BCUT2D eigenvalue weighted by Crippen LogP contribution is -2.34. The molecule has 1 aromatic carbocycles. The monoisotopic (exact) mass is 346 g/mol. The zero-order valence-corrected chi connectivity index (χ0v) is 14.6. The molecule has 0 bridgehead atoms. The molecule has 2 amide bonds. The highest BCUT2D eigenvalue weighted by Gasteiger charge is 2.40. The molecule has 0 unspecified atom stereocenters. The van der Waals surface area contributed by atoms with Crippen LogP contribution in [0, 0.1) is 11.3 Å². The van der Waals surface area contributed by atoms with E-state index >= 15 is 0 Å². The number of rotatable bonds is 3. The van der Waals surface area contributed by atoms with Gasteiger partial charge in [0.05, 0.1) is 36.4 Å². The Kier molecular flexibility index (Phi) is 3.81. The third kappa shape index (κ3) is 2.47. The van der Waals surface area contributed by atoms with E-state index in [2.05, 4.69) is 16.2 Å². The molecule has 7 nitrogen and oxygen atoms in total. The van der Waals surface area contributed by atoms with Crippen molar-refractivity contribution >= 4 is 28.2 Å². The van der Waals surface area contributed by atoms with Crippen molar-refractivity contribution < 1.29 is 4.79 Å². The number of carbonyl (C=O) groups is 1. The number of benzene rings is 1. The molecule has 1 aliphatic rings. The summed E-state index contributed by atoms with van der Waals surface area (Å²) in [6.07, 6.45) is 6.90. The average Bonchev–Trinajstić information content (AvgIpc) is 3.26. The smallest absolute Gasteiger partial charge is 0.288 e. The molecule has 3 heterocycles. The fraction of sp³-hybridized carbons (Fsp3) is 0.263. The Hall–Kier alpha value is -3.40. The number of hydrogen-bond donors (Lipinski definition) is 0. The first-order valence-corrected chi connectivity index (χ1v) is 8.47. The van der Waals surface area contributed by atoms with Gasteiger partial charge in [0.15, 0.2) is 0 Å². The van der Waals surface area contributed by atoms with Crippen molar-refractivity contribution in [1.82, 2.24) is 14.8 Å². The Balaban J connectivity index is 1.76. The van der Waals surface area contributed by atoms with Gasteiger partial charge in [0.2, 0.25) is 0 Å². The molecule has 2 aromatic heterocycles. The summed E-state index contributed by atoms with van der Waals surface area (Å²) in [4.78, 5) is 20.5. The molecule has 0 aliphatic carbocycles. The molecule has 3 aromatic rings. The van der Waals surface area contributed by atoms with Crippen LogP contribution >= 0.6 is 0 Å². The van der Waals surface area contributed by atoms with E-state index in [4.69, 9.17) is 0 Å². The summed E-state index contributed by atoms with van der Waals surface area (Å²) in [5, 5.41) is 15.8. The minimum Gasteiger partial charge on any atom is -0.288 e. The normalized spacial score (nSPS) is 17.3. The van der Waals surface area contributed by atoms with Gasteiger partial charge in [0.1, 0.15) is 6.04 Å². The van der Waals surface area contributed by atoms with Crippen molar-refractivity contribution in [3.63, 3.8) is 0 Å². The number of fused-ring (bicyclic) bond motifs is 1. The minimum atomic E-state index is -0.586. The molecule has 4 rings (SSSR count). The third-order valence-electron chi connectivity index (χ3n) is 4.59. The average molecular weight is 346 g/mol. The lowest BCUT2D eigenvalue weighted by Gasteiger charge is -2.20. The van der Waals surface area contributed by atoms with Crippen LogP contribution in [0.3, 0.4) is 0 Å². The highest BCUT2D eigenvalue weighted by Crippen LogP contribution is 2.33. The van der Waals surface area contributed by atoms with Crippen molar-refractivity contribution in [3.05, 3.63) is 49.1 Å². The number of hydrogen-bond acceptors (Lipinski definition) is 4. The maximum atomic E-state index is 13.1. The van der Waals surface area contributed by atoms with Crippen LogP contribution in [0.2, 0.25) is 0 Å². The Morgan fingerprint density at radius 2 is 2.04 bits per heavy atom. The highest BCUT2D eigenvalue weighted by atomic mass is 16.2. The second kappa shape index (κ2) is 6.15. The number of carbonyl (C=O) groups excluding carboxylic acids is 1. The molecule has 7 heteroatoms. The molecule has 0 radical (unpaired) electrons. The van der Waals surface area contributed by atoms with E-state index in [9.17, 15) is 10.1 Å². The molecule has 0 saturated carbocycles. The topological polar surface area (TPSA) is 78.0 Å². The lowest BCUT2D eigenvalue weighted by molar-refractivity contribution is 0.255. The predicted octanol–water partition coefficient (Wildman–Crippen LogP) is 3.35. The third-order valence-corrected chi connectivity index (χ3v) is 4.59. The number of pyridine rings is 1. The quantitative estimate of drug-likeness (QED) is 0.728. The molecule has 130 valence electrons. The molecular formula is C19H18N6O. The molecule has 1 aliphatic heterocycles. The Morgan fingerprint density at radius 3 is 2.77 bits per heavy atom. The van der Waals surface area contributed by atoms with Gasteiger partial charge in [-0.3, -0.25) is 19.5 Å². The summed E-state index contributed by atoms with van der Waals surface area (Å²) >= 11 is 0. The second-order valence-corrected chi connectivity index (χ2v) is 6.56. The summed E-state index contributed by atoms with van der Waals surface area (Å²) in [6, 6.07) is 9.34. The maximum Gasteiger partial charge on any atom is 0.330 e. The van der Waals surface area contributed by atoms with Gasteiger partial charge in [0.25, 0.3) is 0 Å². The van der Waals surface area contributed by atoms with Gasteiger partial charge < -0.3 is 0 Å². The van der Waals surface area contributed by atoms with Crippen LogP contribution in [-0.4, -0.2) is 33.4 Å². The van der Waals surface area contributed by atoms with E-state index in [0.717, 1.165) is 10.8 Å². The zero-order valence-electron chi connectivity index (χ0n) is 14.6. The molecule has 0 N–H and O–H groups in total. The van der Waals surface area contributed by atoms with Crippen LogP contribution in [-0.2, 0) is 0 Å². The van der Waals surface area contributed by atoms with Gasteiger partial charge >= 0.3 is 6.03 Å². The molecule has 26 heavy (non-hydrogen) atoms. The van der Waals surface area contributed by atoms with Gasteiger partial charge in [0, 0.05) is 29.2 Å². The molecule has 1 saturated heterocycles. The Bertz CT molecular complexity index is 1010. The fourth-order valence-electron chi connectivity index (χ4n) is 3.22. The summed E-state index contributed by atoms with van der Waals surface area (Å²) in [5.74, 6) is 0. The van der Waals surface area contributed by atoms with Crippen LogP contribution in [0.25, 0.3) is 10.8 Å². The number of nitriles is 1. The Labute approximate surface area is 151 Å². The summed E-state index contributed by atoms with van der Waals surface area (Å²) in [7, 11) is 0. The van der Waals surface area contributed by atoms with Crippen LogP contribution in [0.1, 0.15) is 19.9 Å². The van der Waals surface area contributed by atoms with Crippen LogP contribution in [0.15, 0.2) is 49.1 Å². The zero-order chi connectivity index (χ0) is 18.3. The van der Waals surface area contributed by atoms with Gasteiger partial charge in [-0.15, -0.1) is 0 Å². The van der Waals surface area contributed by atoms with Crippen LogP contribution in [0.4, 0.5) is 16.2 Å². The SMILES string of the molecule is CC(C)n1cc(N2C[C@H](C#N)N(c3cncc4ccccc34)C2=O)cn1. The lowest BCUT2D eigenvalue weighted by atomic mass is 10.1. The van der Waals surface area contributed by atoms with E-state index in [0.29, 0.717) is 17.9 Å². The summed E-state index contributed by atoms with van der Waals surface area (Å²) in [5.41, 5.74) is 1.35. The highest BCUT2D eigenvalue weighted by molar-refractivity contribution is 6.11. The maximum absolute atomic E-state index is 13.1. The largest absolute Gasteiger partial charge is 0.330 e. The fourth-order valence-corrected chi connectivity index (χ4v) is 3.22. The molecule has 1 fully saturated rings. The van der Waals surface area contributed by atoms with Gasteiger partial charge in [-0.25, -0.2) is 4.79 Å². The number of aromatic nitrogens is 3. The molecule has 0 spiro atoms. The predicted molar refractivity (Wildman–Crippen MR) is 99.0 cm³/mol. The molecule has 1 atom stereocenters. The van der Waals surface area contributed by atoms with E-state index in [-0.39, 0.29) is 12.1 Å².